The van der Waals surface area contributed by atoms with Gasteiger partial charge in [0.25, 0.3) is 0 Å². The van der Waals surface area contributed by atoms with Crippen molar-refractivity contribution >= 4 is 5.96 Å². The Morgan fingerprint density at radius 3 is 2.60 bits per heavy atom. The van der Waals surface area contributed by atoms with E-state index in [0.29, 0.717) is 30.1 Å². The molecule has 144 valence electrons. The minimum Gasteiger partial charge on any atom is -0.377 e. The second-order valence-electron chi connectivity index (χ2n) is 9.70. The third-order valence-corrected chi connectivity index (χ3v) is 6.45. The van der Waals surface area contributed by atoms with Gasteiger partial charge in [-0.05, 0) is 24.7 Å². The van der Waals surface area contributed by atoms with Gasteiger partial charge in [-0.25, -0.2) is 0 Å². The Kier molecular flexibility index (Phi) is 5.36. The van der Waals surface area contributed by atoms with Crippen LogP contribution in [0.4, 0.5) is 0 Å². The Balaban J connectivity index is 1.56. The Hall–Kier alpha value is -0.810. The van der Waals surface area contributed by atoms with Gasteiger partial charge in [-0.1, -0.05) is 34.6 Å². The molecule has 0 aromatic heterocycles. The summed E-state index contributed by atoms with van der Waals surface area (Å²) in [4.78, 5) is 4.47. The summed E-state index contributed by atoms with van der Waals surface area (Å²) in [6.45, 7) is 14.1. The molecule has 2 saturated heterocycles. The molecule has 0 aromatic carbocycles. The maximum absolute atomic E-state index is 6.11. The van der Waals surface area contributed by atoms with Crippen LogP contribution >= 0.6 is 0 Å². The molecule has 0 radical (unpaired) electrons. The molecular formula is C20H37N3O2. The number of hydrogen-bond donors (Lipinski definition) is 2. The minimum absolute atomic E-state index is 0.167. The van der Waals surface area contributed by atoms with E-state index in [4.69, 9.17) is 9.47 Å². The van der Waals surface area contributed by atoms with Crippen LogP contribution in [-0.4, -0.2) is 51.0 Å². The largest absolute Gasteiger partial charge is 0.377 e. The average molecular weight is 352 g/mol. The number of nitrogens with zero attached hydrogens (tertiary/aromatic N) is 1. The number of hydrogen-bond acceptors (Lipinski definition) is 3. The lowest BCUT2D eigenvalue weighted by Crippen LogP contribution is -2.68. The summed E-state index contributed by atoms with van der Waals surface area (Å²) in [5.41, 5.74) is 0.342. The number of nitrogens with one attached hydrogen (secondary N) is 2. The third-order valence-electron chi connectivity index (χ3n) is 6.45. The molecule has 5 unspecified atom stereocenters. The molecule has 0 amide bonds. The topological polar surface area (TPSA) is 54.9 Å². The van der Waals surface area contributed by atoms with E-state index in [2.05, 4.69) is 50.2 Å². The minimum atomic E-state index is 0.167. The molecule has 0 bridgehead atoms. The summed E-state index contributed by atoms with van der Waals surface area (Å²) in [6, 6.07) is 0.437. The van der Waals surface area contributed by atoms with Crippen LogP contribution in [-0.2, 0) is 9.47 Å². The van der Waals surface area contributed by atoms with Gasteiger partial charge in [-0.3, -0.25) is 4.99 Å². The predicted octanol–water partition coefficient (Wildman–Crippen LogP) is 2.81. The molecule has 0 spiro atoms. The van der Waals surface area contributed by atoms with Crippen LogP contribution in [0.15, 0.2) is 4.99 Å². The maximum Gasteiger partial charge on any atom is 0.191 e. The molecule has 25 heavy (non-hydrogen) atoms. The lowest BCUT2D eigenvalue weighted by Gasteiger charge is -2.55. The second kappa shape index (κ2) is 7.07. The van der Waals surface area contributed by atoms with Gasteiger partial charge in [0.1, 0.15) is 0 Å². The molecule has 1 saturated carbocycles. The Labute approximate surface area is 153 Å². The van der Waals surface area contributed by atoms with Crippen molar-refractivity contribution in [3.63, 3.8) is 0 Å². The molecule has 5 nitrogen and oxygen atoms in total. The number of rotatable bonds is 3. The van der Waals surface area contributed by atoms with Crippen LogP contribution in [0.25, 0.3) is 0 Å². The van der Waals surface area contributed by atoms with Crippen LogP contribution in [0.5, 0.6) is 0 Å². The van der Waals surface area contributed by atoms with Gasteiger partial charge in [0.15, 0.2) is 5.96 Å². The first-order valence-corrected chi connectivity index (χ1v) is 9.95. The number of fused-ring (bicyclic) bond motifs is 1. The fourth-order valence-electron chi connectivity index (χ4n) is 5.20. The first-order chi connectivity index (χ1) is 11.7. The van der Waals surface area contributed by atoms with E-state index in [1.807, 2.05) is 7.05 Å². The molecule has 2 heterocycles. The van der Waals surface area contributed by atoms with Crippen LogP contribution in [0.1, 0.15) is 53.9 Å². The fraction of sp³-hybridized carbons (Fsp3) is 0.950. The highest BCUT2D eigenvalue weighted by Crippen LogP contribution is 2.52. The molecule has 0 aromatic rings. The SMILES string of the molecule is CN=C(NCC1CCCOC1C(C)(C)C)NC1C2CCOC2C1(C)C. The standard InChI is InChI=1S/C20H37N3O2/c1-19(2,3)16-13(8-7-10-24-16)12-22-18(21-6)23-15-14-9-11-25-17(14)20(15,4)5/h13-17H,7-12H2,1-6H3,(H2,21,22,23). The van der Waals surface area contributed by atoms with Crippen LogP contribution in [0.2, 0.25) is 0 Å². The first-order valence-electron chi connectivity index (χ1n) is 9.95. The lowest BCUT2D eigenvalue weighted by molar-refractivity contribution is -0.107. The van der Waals surface area contributed by atoms with Gasteiger partial charge < -0.3 is 20.1 Å². The Bertz CT molecular complexity index is 498. The zero-order valence-electron chi connectivity index (χ0n) is 16.9. The van der Waals surface area contributed by atoms with Crippen molar-refractivity contribution in [1.82, 2.24) is 10.6 Å². The van der Waals surface area contributed by atoms with Crippen molar-refractivity contribution in [1.29, 1.82) is 0 Å². The Morgan fingerprint density at radius 2 is 1.92 bits per heavy atom. The van der Waals surface area contributed by atoms with Crippen molar-refractivity contribution in [2.75, 3.05) is 26.8 Å². The van der Waals surface area contributed by atoms with Crippen molar-refractivity contribution in [3.05, 3.63) is 0 Å². The highest BCUT2D eigenvalue weighted by Gasteiger charge is 2.59. The average Bonchev–Trinajstić information content (AvgIpc) is 3.01. The zero-order chi connectivity index (χ0) is 18.2. The van der Waals surface area contributed by atoms with Gasteiger partial charge in [0.05, 0.1) is 12.2 Å². The van der Waals surface area contributed by atoms with Gasteiger partial charge in [-0.15, -0.1) is 0 Å². The summed E-state index contributed by atoms with van der Waals surface area (Å²) >= 11 is 0. The van der Waals surface area contributed by atoms with Gasteiger partial charge in [0, 0.05) is 50.1 Å². The first kappa shape index (κ1) is 19.0. The van der Waals surface area contributed by atoms with Crippen molar-refractivity contribution in [2.45, 2.75) is 72.1 Å². The van der Waals surface area contributed by atoms with E-state index < -0.39 is 0 Å². The van der Waals surface area contributed by atoms with E-state index in [-0.39, 0.29) is 10.8 Å². The summed E-state index contributed by atoms with van der Waals surface area (Å²) in [7, 11) is 1.86. The third kappa shape index (κ3) is 3.68. The summed E-state index contributed by atoms with van der Waals surface area (Å²) in [5, 5.41) is 7.25. The Morgan fingerprint density at radius 1 is 1.16 bits per heavy atom. The van der Waals surface area contributed by atoms with E-state index in [1.54, 1.807) is 0 Å². The van der Waals surface area contributed by atoms with E-state index in [9.17, 15) is 0 Å². The molecular weight excluding hydrogens is 314 g/mol. The summed E-state index contributed by atoms with van der Waals surface area (Å²) in [6.07, 6.45) is 4.24. The van der Waals surface area contributed by atoms with Crippen molar-refractivity contribution in [3.8, 4) is 0 Å². The van der Waals surface area contributed by atoms with E-state index in [1.165, 1.54) is 6.42 Å². The summed E-state index contributed by atoms with van der Waals surface area (Å²) < 4.78 is 12.0. The van der Waals surface area contributed by atoms with E-state index in [0.717, 1.165) is 38.6 Å². The molecule has 5 atom stereocenters. The fourth-order valence-corrected chi connectivity index (χ4v) is 5.20. The molecule has 5 heteroatoms. The highest BCUT2D eigenvalue weighted by atomic mass is 16.5. The second-order valence-corrected chi connectivity index (χ2v) is 9.70. The quantitative estimate of drug-likeness (QED) is 0.606. The van der Waals surface area contributed by atoms with Crippen LogP contribution in [0.3, 0.4) is 0 Å². The van der Waals surface area contributed by atoms with Crippen LogP contribution in [0, 0.1) is 22.7 Å². The normalized spacial score (nSPS) is 38.0. The monoisotopic (exact) mass is 351 g/mol. The molecule has 2 aliphatic heterocycles. The number of aliphatic imine (C=N–C) groups is 1. The molecule has 2 N–H and O–H groups in total. The highest BCUT2D eigenvalue weighted by molar-refractivity contribution is 5.80. The maximum atomic E-state index is 6.11. The van der Waals surface area contributed by atoms with Gasteiger partial charge in [-0.2, -0.15) is 0 Å². The number of ether oxygens (including phenoxy) is 2. The molecule has 3 fully saturated rings. The van der Waals surface area contributed by atoms with Crippen LogP contribution < -0.4 is 10.6 Å². The smallest absolute Gasteiger partial charge is 0.191 e. The van der Waals surface area contributed by atoms with Crippen molar-refractivity contribution < 1.29 is 9.47 Å². The predicted molar refractivity (Wildman–Crippen MR) is 102 cm³/mol. The van der Waals surface area contributed by atoms with Gasteiger partial charge >= 0.3 is 0 Å². The molecule has 3 aliphatic rings. The van der Waals surface area contributed by atoms with E-state index >= 15 is 0 Å². The number of guanidine groups is 1. The van der Waals surface area contributed by atoms with Crippen molar-refractivity contribution in [2.24, 2.45) is 27.7 Å². The van der Waals surface area contributed by atoms with Gasteiger partial charge in [0.2, 0.25) is 0 Å². The molecule has 1 aliphatic carbocycles. The molecule has 3 rings (SSSR count). The summed E-state index contributed by atoms with van der Waals surface area (Å²) in [5.74, 6) is 2.07. The lowest BCUT2D eigenvalue weighted by atomic mass is 9.57. The zero-order valence-corrected chi connectivity index (χ0v) is 16.9.